The summed E-state index contributed by atoms with van der Waals surface area (Å²) in [6.45, 7) is 5.83. The topological polar surface area (TPSA) is 83.8 Å². The number of imidazole rings is 1. The van der Waals surface area contributed by atoms with Crippen LogP contribution in [0.2, 0.25) is 0 Å². The number of rotatable bonds is 4. The molecule has 1 aromatic rings. The van der Waals surface area contributed by atoms with Gasteiger partial charge in [-0.15, -0.1) is 0 Å². The molecule has 4 N–H and O–H groups in total. The van der Waals surface area contributed by atoms with Gasteiger partial charge in [-0.3, -0.25) is 4.79 Å². The van der Waals surface area contributed by atoms with Crippen molar-refractivity contribution < 1.29 is 4.79 Å². The third-order valence-corrected chi connectivity index (χ3v) is 2.40. The quantitative estimate of drug-likeness (QED) is 0.679. The van der Waals surface area contributed by atoms with E-state index in [1.165, 1.54) is 0 Å². The molecule has 5 nitrogen and oxygen atoms in total. The number of nitrogens with one attached hydrogen (secondary N) is 2. The van der Waals surface area contributed by atoms with E-state index in [4.69, 9.17) is 5.73 Å². The molecule has 0 aliphatic carbocycles. The average Bonchev–Trinajstić information content (AvgIpc) is 2.70. The molecule has 0 bridgehead atoms. The van der Waals surface area contributed by atoms with Crippen LogP contribution in [-0.2, 0) is 4.79 Å². The summed E-state index contributed by atoms with van der Waals surface area (Å²) >= 11 is 0. The molecule has 1 aromatic heterocycles. The summed E-state index contributed by atoms with van der Waals surface area (Å²) in [7, 11) is 0. The average molecular weight is 210 g/mol. The van der Waals surface area contributed by atoms with E-state index < -0.39 is 5.41 Å². The van der Waals surface area contributed by atoms with Crippen LogP contribution in [0.25, 0.3) is 0 Å². The summed E-state index contributed by atoms with van der Waals surface area (Å²) < 4.78 is 0. The number of aromatic amines is 1. The lowest BCUT2D eigenvalue weighted by molar-refractivity contribution is -0.129. The van der Waals surface area contributed by atoms with Crippen molar-refractivity contribution in [2.24, 2.45) is 11.1 Å². The van der Waals surface area contributed by atoms with Gasteiger partial charge >= 0.3 is 0 Å². The summed E-state index contributed by atoms with van der Waals surface area (Å²) in [5.74, 6) is 0.685. The molecule has 15 heavy (non-hydrogen) atoms. The van der Waals surface area contributed by atoms with Gasteiger partial charge in [0.2, 0.25) is 5.91 Å². The number of carbonyl (C=O) groups is 1. The molecule has 0 aliphatic rings. The zero-order valence-corrected chi connectivity index (χ0v) is 9.37. The summed E-state index contributed by atoms with van der Waals surface area (Å²) in [4.78, 5) is 18.8. The number of nitrogens with two attached hydrogens (primary N) is 1. The van der Waals surface area contributed by atoms with E-state index in [-0.39, 0.29) is 11.9 Å². The van der Waals surface area contributed by atoms with Crippen molar-refractivity contribution in [3.05, 3.63) is 18.2 Å². The fourth-order valence-electron chi connectivity index (χ4n) is 1.07. The maximum atomic E-state index is 11.8. The fraction of sp³-hybridized carbons (Fsp3) is 0.600. The van der Waals surface area contributed by atoms with Crippen molar-refractivity contribution >= 4 is 5.91 Å². The lowest BCUT2D eigenvalue weighted by Gasteiger charge is -2.23. The Balaban J connectivity index is 2.60. The maximum Gasteiger partial charge on any atom is 0.227 e. The first-order valence-corrected chi connectivity index (χ1v) is 4.97. The predicted octanol–water partition coefficient (Wildman–Crippen LogP) is 0.572. The molecule has 0 saturated heterocycles. The van der Waals surface area contributed by atoms with Crippen LogP contribution in [0.4, 0.5) is 0 Å². The van der Waals surface area contributed by atoms with Crippen molar-refractivity contribution in [1.29, 1.82) is 0 Å². The standard InChI is InChI=1S/C10H18N4O/c1-7(8-12-4-5-13-8)14-9(15)10(2,3)6-11/h4-5,7H,6,11H2,1-3H3,(H,12,13)(H,14,15). The van der Waals surface area contributed by atoms with Crippen LogP contribution in [0.5, 0.6) is 0 Å². The Labute approximate surface area is 89.5 Å². The van der Waals surface area contributed by atoms with Gasteiger partial charge in [-0.2, -0.15) is 0 Å². The first-order chi connectivity index (χ1) is 6.97. The molecule has 0 aromatic carbocycles. The Morgan fingerprint density at radius 1 is 1.73 bits per heavy atom. The van der Waals surface area contributed by atoms with E-state index in [0.29, 0.717) is 6.54 Å². The van der Waals surface area contributed by atoms with Gasteiger partial charge in [-0.05, 0) is 20.8 Å². The largest absolute Gasteiger partial charge is 0.347 e. The molecule has 0 radical (unpaired) electrons. The minimum absolute atomic E-state index is 0.0612. The maximum absolute atomic E-state index is 11.8. The van der Waals surface area contributed by atoms with Crippen LogP contribution in [0, 0.1) is 5.41 Å². The third kappa shape index (κ3) is 2.79. The Morgan fingerprint density at radius 2 is 2.40 bits per heavy atom. The monoisotopic (exact) mass is 210 g/mol. The second kappa shape index (κ2) is 4.44. The van der Waals surface area contributed by atoms with Gasteiger partial charge in [0.1, 0.15) is 5.82 Å². The predicted molar refractivity (Wildman–Crippen MR) is 58.0 cm³/mol. The first kappa shape index (κ1) is 11.7. The fourth-order valence-corrected chi connectivity index (χ4v) is 1.07. The van der Waals surface area contributed by atoms with E-state index in [2.05, 4.69) is 15.3 Å². The van der Waals surface area contributed by atoms with Crippen LogP contribution in [0.1, 0.15) is 32.6 Å². The molecule has 1 amide bonds. The smallest absolute Gasteiger partial charge is 0.227 e. The highest BCUT2D eigenvalue weighted by molar-refractivity contribution is 5.82. The number of carbonyl (C=O) groups excluding carboxylic acids is 1. The van der Waals surface area contributed by atoms with Crippen molar-refractivity contribution in [2.45, 2.75) is 26.8 Å². The molecule has 1 rings (SSSR count). The lowest BCUT2D eigenvalue weighted by atomic mass is 9.92. The summed E-state index contributed by atoms with van der Waals surface area (Å²) in [6.07, 6.45) is 3.39. The highest BCUT2D eigenvalue weighted by Gasteiger charge is 2.27. The van der Waals surface area contributed by atoms with Gasteiger partial charge in [0, 0.05) is 18.9 Å². The summed E-state index contributed by atoms with van der Waals surface area (Å²) in [6, 6.07) is -0.127. The van der Waals surface area contributed by atoms with Gasteiger partial charge in [0.15, 0.2) is 0 Å². The molecule has 5 heteroatoms. The van der Waals surface area contributed by atoms with Crippen LogP contribution in [0.3, 0.4) is 0 Å². The van der Waals surface area contributed by atoms with E-state index in [1.807, 2.05) is 20.8 Å². The van der Waals surface area contributed by atoms with Gasteiger partial charge < -0.3 is 16.0 Å². The third-order valence-electron chi connectivity index (χ3n) is 2.40. The van der Waals surface area contributed by atoms with Gasteiger partial charge in [-0.1, -0.05) is 0 Å². The van der Waals surface area contributed by atoms with Crippen molar-refractivity contribution in [2.75, 3.05) is 6.54 Å². The molecule has 0 fully saturated rings. The lowest BCUT2D eigenvalue weighted by Crippen LogP contribution is -2.42. The van der Waals surface area contributed by atoms with Crippen molar-refractivity contribution in [3.8, 4) is 0 Å². The second-order valence-corrected chi connectivity index (χ2v) is 4.26. The van der Waals surface area contributed by atoms with Crippen molar-refractivity contribution in [1.82, 2.24) is 15.3 Å². The molecule has 0 aliphatic heterocycles. The Kier molecular flexibility index (Phi) is 3.47. The second-order valence-electron chi connectivity index (χ2n) is 4.26. The van der Waals surface area contributed by atoms with E-state index in [9.17, 15) is 4.79 Å². The summed E-state index contributed by atoms with van der Waals surface area (Å²) in [5, 5.41) is 2.86. The number of aromatic nitrogens is 2. The molecular formula is C10H18N4O. The van der Waals surface area contributed by atoms with Crippen molar-refractivity contribution in [3.63, 3.8) is 0 Å². The number of hydrogen-bond acceptors (Lipinski definition) is 3. The molecular weight excluding hydrogens is 192 g/mol. The number of hydrogen-bond donors (Lipinski definition) is 3. The zero-order chi connectivity index (χ0) is 11.5. The first-order valence-electron chi connectivity index (χ1n) is 4.97. The molecule has 0 saturated carbocycles. The Morgan fingerprint density at radius 3 is 2.87 bits per heavy atom. The van der Waals surface area contributed by atoms with Crippen LogP contribution < -0.4 is 11.1 Å². The van der Waals surface area contributed by atoms with Gasteiger partial charge in [0.25, 0.3) is 0 Å². The van der Waals surface area contributed by atoms with E-state index in [1.54, 1.807) is 12.4 Å². The van der Waals surface area contributed by atoms with Crippen LogP contribution >= 0.6 is 0 Å². The Bertz CT molecular complexity index is 318. The number of amides is 1. The molecule has 84 valence electrons. The SMILES string of the molecule is CC(NC(=O)C(C)(C)CN)c1ncc[nH]1. The van der Waals surface area contributed by atoms with Crippen LogP contribution in [-0.4, -0.2) is 22.4 Å². The highest BCUT2D eigenvalue weighted by Crippen LogP contribution is 2.15. The zero-order valence-electron chi connectivity index (χ0n) is 9.37. The normalized spacial score (nSPS) is 13.6. The van der Waals surface area contributed by atoms with Gasteiger partial charge in [-0.25, -0.2) is 4.98 Å². The van der Waals surface area contributed by atoms with E-state index in [0.717, 1.165) is 5.82 Å². The van der Waals surface area contributed by atoms with Gasteiger partial charge in [0.05, 0.1) is 11.5 Å². The molecule has 0 spiro atoms. The highest BCUT2D eigenvalue weighted by atomic mass is 16.2. The van der Waals surface area contributed by atoms with E-state index >= 15 is 0 Å². The van der Waals surface area contributed by atoms with Crippen LogP contribution in [0.15, 0.2) is 12.4 Å². The minimum atomic E-state index is -0.541. The number of nitrogens with zero attached hydrogens (tertiary/aromatic N) is 1. The molecule has 1 heterocycles. The number of H-pyrrole nitrogens is 1. The molecule has 1 unspecified atom stereocenters. The molecule has 1 atom stereocenters. The minimum Gasteiger partial charge on any atom is -0.347 e. The summed E-state index contributed by atoms with van der Waals surface area (Å²) in [5.41, 5.74) is 4.98. The Hall–Kier alpha value is -1.36.